The van der Waals surface area contributed by atoms with Gasteiger partial charge < -0.3 is 10.6 Å². The number of rotatable bonds is 6. The third kappa shape index (κ3) is 5.72. The van der Waals surface area contributed by atoms with Gasteiger partial charge in [-0.1, -0.05) is 22.0 Å². The predicted molar refractivity (Wildman–Crippen MR) is 80.6 cm³/mol. The topological polar surface area (TPSA) is 46.3 Å². The zero-order valence-corrected chi connectivity index (χ0v) is 12.8. The number of hydrogen-bond acceptors (Lipinski definition) is 2. The van der Waals surface area contributed by atoms with Crippen LogP contribution in [0.25, 0.3) is 0 Å². The molecule has 0 bridgehead atoms. The second-order valence-electron chi connectivity index (χ2n) is 3.84. The van der Waals surface area contributed by atoms with Gasteiger partial charge >= 0.3 is 0 Å². The molecule has 0 unspecified atom stereocenters. The number of benzene rings is 1. The fourth-order valence-corrected chi connectivity index (χ4v) is 1.97. The lowest BCUT2D eigenvalue weighted by atomic mass is 10.2. The summed E-state index contributed by atoms with van der Waals surface area (Å²) in [5, 5.41) is 0. The Labute approximate surface area is 127 Å². The van der Waals surface area contributed by atoms with Crippen LogP contribution in [0, 0.1) is 5.82 Å². The van der Waals surface area contributed by atoms with E-state index in [1.54, 1.807) is 18.2 Å². The van der Waals surface area contributed by atoms with Gasteiger partial charge in [-0.15, -0.1) is 19.0 Å². The fraction of sp³-hybridized carbons (Fsp3) is 0.308. The minimum Gasteiger partial charge on any atom is -0.335 e. The molecule has 1 rings (SSSR count). The van der Waals surface area contributed by atoms with E-state index in [9.17, 15) is 9.18 Å². The van der Waals surface area contributed by atoms with Crippen LogP contribution in [0.2, 0.25) is 0 Å². The van der Waals surface area contributed by atoms with Crippen molar-refractivity contribution >= 4 is 34.2 Å². The quantitative estimate of drug-likeness (QED) is 0.801. The Morgan fingerprint density at radius 1 is 1.53 bits per heavy atom. The van der Waals surface area contributed by atoms with Gasteiger partial charge in [0.1, 0.15) is 5.82 Å². The molecule has 1 amide bonds. The van der Waals surface area contributed by atoms with Crippen LogP contribution in [-0.4, -0.2) is 23.9 Å². The molecule has 0 spiro atoms. The molecule has 0 aliphatic heterocycles. The van der Waals surface area contributed by atoms with Crippen molar-refractivity contribution in [2.45, 2.75) is 13.0 Å². The molecule has 0 saturated carbocycles. The van der Waals surface area contributed by atoms with Crippen molar-refractivity contribution < 1.29 is 9.18 Å². The van der Waals surface area contributed by atoms with Gasteiger partial charge in [-0.3, -0.25) is 4.79 Å². The molecule has 1 aromatic carbocycles. The summed E-state index contributed by atoms with van der Waals surface area (Å²) in [6.45, 7) is 4.48. The first-order valence-corrected chi connectivity index (χ1v) is 6.40. The molecule has 6 heteroatoms. The minimum absolute atomic E-state index is 0. The van der Waals surface area contributed by atoms with E-state index in [1.807, 2.05) is 0 Å². The summed E-state index contributed by atoms with van der Waals surface area (Å²) in [6.07, 6.45) is 1.87. The molecule has 3 nitrogen and oxygen atoms in total. The number of nitrogens with zero attached hydrogens (tertiary/aromatic N) is 1. The Hall–Kier alpha value is -0.910. The number of carbonyl (C=O) groups is 1. The Morgan fingerprint density at radius 2 is 2.21 bits per heavy atom. The molecule has 0 aromatic heterocycles. The van der Waals surface area contributed by atoms with Crippen molar-refractivity contribution in [1.82, 2.24) is 4.90 Å². The van der Waals surface area contributed by atoms with E-state index in [0.29, 0.717) is 12.1 Å². The summed E-state index contributed by atoms with van der Waals surface area (Å²) in [5.74, 6) is -0.426. The van der Waals surface area contributed by atoms with Crippen LogP contribution >= 0.6 is 28.3 Å². The minimum atomic E-state index is -0.326. The largest absolute Gasteiger partial charge is 0.335 e. The Morgan fingerprint density at radius 3 is 2.79 bits per heavy atom. The van der Waals surface area contributed by atoms with Crippen LogP contribution < -0.4 is 5.73 Å². The van der Waals surface area contributed by atoms with E-state index in [0.717, 1.165) is 4.47 Å². The number of amides is 1. The molecule has 0 atom stereocenters. The standard InChI is InChI=1S/C13H16BrFN2O.ClH/c1-2-7-17(13(18)5-6-16)9-10-8-11(14)3-4-12(10)15;/h2-4,8H,1,5-7,9,16H2;1H. The summed E-state index contributed by atoms with van der Waals surface area (Å²) >= 11 is 3.28. The van der Waals surface area contributed by atoms with Gasteiger partial charge in [0, 0.05) is 36.1 Å². The molecule has 0 aliphatic carbocycles. The summed E-state index contributed by atoms with van der Waals surface area (Å²) < 4.78 is 14.4. The van der Waals surface area contributed by atoms with Gasteiger partial charge in [-0.25, -0.2) is 4.39 Å². The molecule has 0 heterocycles. The second kappa shape index (κ2) is 9.07. The average Bonchev–Trinajstić information content (AvgIpc) is 2.33. The van der Waals surface area contributed by atoms with Crippen molar-refractivity contribution in [1.29, 1.82) is 0 Å². The summed E-state index contributed by atoms with van der Waals surface area (Å²) in [7, 11) is 0. The SMILES string of the molecule is C=CCN(Cc1cc(Br)ccc1F)C(=O)CCN.Cl. The van der Waals surface area contributed by atoms with Gasteiger partial charge in [-0.05, 0) is 18.2 Å². The third-order valence-electron chi connectivity index (χ3n) is 2.43. The van der Waals surface area contributed by atoms with Gasteiger partial charge in [0.15, 0.2) is 0 Å². The Balaban J connectivity index is 0.00000324. The van der Waals surface area contributed by atoms with Crippen molar-refractivity contribution in [3.63, 3.8) is 0 Å². The van der Waals surface area contributed by atoms with Crippen LogP contribution in [0.3, 0.4) is 0 Å². The molecular weight excluding hydrogens is 335 g/mol. The third-order valence-corrected chi connectivity index (χ3v) is 2.92. The highest BCUT2D eigenvalue weighted by Crippen LogP contribution is 2.17. The maximum atomic E-state index is 13.6. The molecule has 19 heavy (non-hydrogen) atoms. The van der Waals surface area contributed by atoms with Gasteiger partial charge in [0.05, 0.1) is 0 Å². The molecule has 0 radical (unpaired) electrons. The molecule has 2 N–H and O–H groups in total. The van der Waals surface area contributed by atoms with E-state index in [2.05, 4.69) is 22.5 Å². The number of hydrogen-bond donors (Lipinski definition) is 1. The Kier molecular flexibility index (Phi) is 8.63. The lowest BCUT2D eigenvalue weighted by molar-refractivity contribution is -0.131. The normalized spacial score (nSPS) is 9.63. The monoisotopic (exact) mass is 350 g/mol. The summed E-state index contributed by atoms with van der Waals surface area (Å²) in [4.78, 5) is 13.3. The number of halogens is 3. The maximum Gasteiger partial charge on any atom is 0.224 e. The fourth-order valence-electron chi connectivity index (χ4n) is 1.56. The summed E-state index contributed by atoms with van der Waals surface area (Å²) in [5.41, 5.74) is 5.82. The lowest BCUT2D eigenvalue weighted by Crippen LogP contribution is -2.32. The number of carbonyl (C=O) groups excluding carboxylic acids is 1. The van der Waals surface area contributed by atoms with E-state index in [1.165, 1.54) is 11.0 Å². The van der Waals surface area contributed by atoms with Gasteiger partial charge in [0.25, 0.3) is 0 Å². The van der Waals surface area contributed by atoms with Crippen molar-refractivity contribution in [3.05, 3.63) is 46.7 Å². The molecule has 1 aromatic rings. The first kappa shape index (κ1) is 18.1. The number of nitrogens with two attached hydrogens (primary N) is 1. The highest BCUT2D eigenvalue weighted by atomic mass is 79.9. The smallest absolute Gasteiger partial charge is 0.224 e. The van der Waals surface area contributed by atoms with Crippen LogP contribution in [0.4, 0.5) is 4.39 Å². The predicted octanol–water partition coefficient (Wildman–Crippen LogP) is 2.87. The molecule has 0 aliphatic rings. The highest BCUT2D eigenvalue weighted by Gasteiger charge is 2.14. The van der Waals surface area contributed by atoms with E-state index in [4.69, 9.17) is 5.73 Å². The zero-order valence-electron chi connectivity index (χ0n) is 10.4. The van der Waals surface area contributed by atoms with Crippen LogP contribution in [0.1, 0.15) is 12.0 Å². The van der Waals surface area contributed by atoms with Gasteiger partial charge in [0.2, 0.25) is 5.91 Å². The molecule has 0 saturated heterocycles. The maximum absolute atomic E-state index is 13.6. The van der Waals surface area contributed by atoms with E-state index in [-0.39, 0.29) is 43.6 Å². The summed E-state index contributed by atoms with van der Waals surface area (Å²) in [6, 6.07) is 4.67. The van der Waals surface area contributed by atoms with E-state index >= 15 is 0 Å². The molecule has 106 valence electrons. The van der Waals surface area contributed by atoms with Crippen molar-refractivity contribution in [2.24, 2.45) is 5.73 Å². The molecule has 0 fully saturated rings. The first-order valence-electron chi connectivity index (χ1n) is 5.61. The zero-order chi connectivity index (χ0) is 13.5. The van der Waals surface area contributed by atoms with E-state index < -0.39 is 0 Å². The Bertz CT molecular complexity index is 443. The van der Waals surface area contributed by atoms with Crippen LogP contribution in [-0.2, 0) is 11.3 Å². The van der Waals surface area contributed by atoms with Crippen molar-refractivity contribution in [3.8, 4) is 0 Å². The lowest BCUT2D eigenvalue weighted by Gasteiger charge is -2.21. The van der Waals surface area contributed by atoms with Crippen molar-refractivity contribution in [2.75, 3.05) is 13.1 Å². The highest BCUT2D eigenvalue weighted by molar-refractivity contribution is 9.10. The van der Waals surface area contributed by atoms with Crippen LogP contribution in [0.15, 0.2) is 35.3 Å². The first-order chi connectivity index (χ1) is 8.58. The van der Waals surface area contributed by atoms with Crippen LogP contribution in [0.5, 0.6) is 0 Å². The molecular formula is C13H17BrClFN2O. The average molecular weight is 352 g/mol. The van der Waals surface area contributed by atoms with Gasteiger partial charge in [-0.2, -0.15) is 0 Å². The second-order valence-corrected chi connectivity index (χ2v) is 4.75.